The smallest absolute Gasteiger partial charge is 0.323 e. The van der Waals surface area contributed by atoms with Gasteiger partial charge in [0.1, 0.15) is 6.54 Å². The van der Waals surface area contributed by atoms with Gasteiger partial charge in [0.05, 0.1) is 0 Å². The third kappa shape index (κ3) is 4.44. The summed E-state index contributed by atoms with van der Waals surface area (Å²) in [5, 5.41) is 8.86. The molecule has 1 fully saturated rings. The molecule has 0 aliphatic heterocycles. The Morgan fingerprint density at radius 1 is 1.26 bits per heavy atom. The van der Waals surface area contributed by atoms with Gasteiger partial charge in [0, 0.05) is 24.3 Å². The van der Waals surface area contributed by atoms with Crippen LogP contribution in [0.15, 0.2) is 0 Å². The summed E-state index contributed by atoms with van der Waals surface area (Å²) in [5.74, 6) is -4.59. The fourth-order valence-electron chi connectivity index (χ4n) is 2.29. The van der Waals surface area contributed by atoms with Crippen molar-refractivity contribution in [3.8, 4) is 0 Å². The Labute approximate surface area is 111 Å². The van der Waals surface area contributed by atoms with Gasteiger partial charge in [0.15, 0.2) is 0 Å². The van der Waals surface area contributed by atoms with Crippen LogP contribution in [0.25, 0.3) is 0 Å². The summed E-state index contributed by atoms with van der Waals surface area (Å²) in [6.45, 7) is 4.83. The third-order valence-corrected chi connectivity index (χ3v) is 3.44. The molecule has 1 N–H and O–H groups in total. The van der Waals surface area contributed by atoms with E-state index in [1.807, 2.05) is 0 Å². The van der Waals surface area contributed by atoms with Gasteiger partial charge >= 0.3 is 5.97 Å². The molecule has 1 amide bonds. The number of halogens is 2. The molecule has 0 atom stereocenters. The number of hydrogen-bond donors (Lipinski definition) is 1. The van der Waals surface area contributed by atoms with Crippen LogP contribution >= 0.6 is 0 Å². The number of hydrogen-bond acceptors (Lipinski definition) is 2. The fraction of sp³-hybridized carbons (Fsp3) is 0.846. The highest BCUT2D eigenvalue weighted by Crippen LogP contribution is 2.37. The van der Waals surface area contributed by atoms with E-state index in [0.717, 1.165) is 0 Å². The molecule has 0 aromatic carbocycles. The summed E-state index contributed by atoms with van der Waals surface area (Å²) in [6, 6.07) is 0. The first-order chi connectivity index (χ1) is 8.53. The van der Waals surface area contributed by atoms with Gasteiger partial charge in [-0.15, -0.1) is 0 Å². The number of rotatable bonds is 3. The number of alkyl halides is 2. The molecule has 0 spiro atoms. The van der Waals surface area contributed by atoms with E-state index in [-0.39, 0.29) is 31.6 Å². The Morgan fingerprint density at radius 2 is 1.74 bits per heavy atom. The molecule has 0 unspecified atom stereocenters. The summed E-state index contributed by atoms with van der Waals surface area (Å²) < 4.78 is 26.1. The van der Waals surface area contributed by atoms with E-state index in [9.17, 15) is 18.4 Å². The zero-order valence-corrected chi connectivity index (χ0v) is 11.6. The van der Waals surface area contributed by atoms with Crippen molar-refractivity contribution in [1.82, 2.24) is 4.90 Å². The van der Waals surface area contributed by atoms with Crippen LogP contribution in [0.2, 0.25) is 0 Å². The minimum atomic E-state index is -2.68. The summed E-state index contributed by atoms with van der Waals surface area (Å²) in [6.07, 6.45) is -0.348. The summed E-state index contributed by atoms with van der Waals surface area (Å²) in [7, 11) is 0. The Balaban J connectivity index is 2.75. The maximum absolute atomic E-state index is 13.1. The Kier molecular flexibility index (Phi) is 4.53. The molecule has 1 aliphatic carbocycles. The SMILES string of the molecule is CC(C)(C)N(CC(=O)O)C(=O)C1CCC(F)(F)CC1. The molecule has 19 heavy (non-hydrogen) atoms. The molecule has 110 valence electrons. The van der Waals surface area contributed by atoms with Gasteiger partial charge < -0.3 is 10.0 Å². The van der Waals surface area contributed by atoms with Crippen molar-refractivity contribution >= 4 is 11.9 Å². The zero-order chi connectivity index (χ0) is 14.8. The molecule has 1 rings (SSSR count). The number of carbonyl (C=O) groups excluding carboxylic acids is 1. The largest absolute Gasteiger partial charge is 0.480 e. The number of carbonyl (C=O) groups is 2. The highest BCUT2D eigenvalue weighted by atomic mass is 19.3. The lowest BCUT2D eigenvalue weighted by Gasteiger charge is -2.38. The van der Waals surface area contributed by atoms with Gasteiger partial charge in [0.25, 0.3) is 0 Å². The van der Waals surface area contributed by atoms with Gasteiger partial charge in [-0.3, -0.25) is 9.59 Å². The Bertz CT molecular complexity index is 353. The second kappa shape index (κ2) is 5.43. The maximum Gasteiger partial charge on any atom is 0.323 e. The predicted molar refractivity (Wildman–Crippen MR) is 66.0 cm³/mol. The maximum atomic E-state index is 13.1. The van der Waals surface area contributed by atoms with Gasteiger partial charge in [-0.1, -0.05) is 0 Å². The van der Waals surface area contributed by atoms with Crippen molar-refractivity contribution < 1.29 is 23.5 Å². The molecular weight excluding hydrogens is 256 g/mol. The topological polar surface area (TPSA) is 57.6 Å². The molecule has 6 heteroatoms. The molecule has 0 radical (unpaired) electrons. The zero-order valence-electron chi connectivity index (χ0n) is 11.6. The lowest BCUT2D eigenvalue weighted by molar-refractivity contribution is -0.153. The fourth-order valence-corrected chi connectivity index (χ4v) is 2.29. The van der Waals surface area contributed by atoms with Crippen molar-refractivity contribution in [2.24, 2.45) is 5.92 Å². The minimum absolute atomic E-state index is 0.123. The van der Waals surface area contributed by atoms with Gasteiger partial charge in [-0.05, 0) is 33.6 Å². The lowest BCUT2D eigenvalue weighted by Crippen LogP contribution is -2.51. The van der Waals surface area contributed by atoms with Crippen LogP contribution < -0.4 is 0 Å². The van der Waals surface area contributed by atoms with Crippen molar-refractivity contribution in [2.45, 2.75) is 57.9 Å². The second-order valence-corrected chi connectivity index (χ2v) is 6.12. The van der Waals surface area contributed by atoms with Crippen molar-refractivity contribution in [1.29, 1.82) is 0 Å². The first-order valence-corrected chi connectivity index (χ1v) is 6.44. The van der Waals surface area contributed by atoms with Crippen LogP contribution in [0.3, 0.4) is 0 Å². The monoisotopic (exact) mass is 277 g/mol. The van der Waals surface area contributed by atoms with E-state index >= 15 is 0 Å². The Morgan fingerprint density at radius 3 is 2.11 bits per heavy atom. The molecule has 0 heterocycles. The molecule has 0 aromatic rings. The quantitative estimate of drug-likeness (QED) is 0.862. The second-order valence-electron chi connectivity index (χ2n) is 6.12. The van der Waals surface area contributed by atoms with Crippen molar-refractivity contribution in [2.75, 3.05) is 6.54 Å². The van der Waals surface area contributed by atoms with Gasteiger partial charge in [-0.2, -0.15) is 0 Å². The minimum Gasteiger partial charge on any atom is -0.480 e. The normalized spacial score (nSPS) is 20.1. The van der Waals surface area contributed by atoms with Crippen LogP contribution in [0.4, 0.5) is 8.78 Å². The van der Waals surface area contributed by atoms with E-state index in [1.165, 1.54) is 4.90 Å². The summed E-state index contributed by atoms with van der Waals surface area (Å²) in [5.41, 5.74) is -0.630. The number of carboxylic acid groups (broad SMARTS) is 1. The van der Waals surface area contributed by atoms with E-state index in [4.69, 9.17) is 5.11 Å². The Hall–Kier alpha value is -1.20. The van der Waals surface area contributed by atoms with Crippen LogP contribution in [0.1, 0.15) is 46.5 Å². The van der Waals surface area contributed by atoms with E-state index in [2.05, 4.69) is 0 Å². The molecule has 4 nitrogen and oxygen atoms in total. The highest BCUT2D eigenvalue weighted by Gasteiger charge is 2.40. The third-order valence-electron chi connectivity index (χ3n) is 3.44. The highest BCUT2D eigenvalue weighted by molar-refractivity contribution is 5.83. The molecule has 0 aromatic heterocycles. The van der Waals surface area contributed by atoms with Crippen LogP contribution in [0, 0.1) is 5.92 Å². The molecular formula is C13H21F2NO3. The van der Waals surface area contributed by atoms with Crippen molar-refractivity contribution in [3.05, 3.63) is 0 Å². The van der Waals surface area contributed by atoms with Gasteiger partial charge in [-0.25, -0.2) is 8.78 Å². The van der Waals surface area contributed by atoms with E-state index in [1.54, 1.807) is 20.8 Å². The summed E-state index contributed by atoms with van der Waals surface area (Å²) >= 11 is 0. The van der Waals surface area contributed by atoms with Crippen LogP contribution in [-0.4, -0.2) is 39.9 Å². The van der Waals surface area contributed by atoms with Gasteiger partial charge in [0.2, 0.25) is 11.8 Å². The van der Waals surface area contributed by atoms with E-state index < -0.39 is 29.9 Å². The standard InChI is InChI=1S/C13H21F2NO3/c1-12(2,3)16(8-10(17)18)11(19)9-4-6-13(14,15)7-5-9/h9H,4-8H2,1-3H3,(H,17,18). The number of aliphatic carboxylic acids is 1. The predicted octanol–water partition coefficient (Wildman–Crippen LogP) is 2.52. The lowest BCUT2D eigenvalue weighted by atomic mass is 9.85. The first kappa shape index (κ1) is 15.9. The molecule has 0 saturated heterocycles. The average Bonchev–Trinajstić information content (AvgIpc) is 2.23. The summed E-state index contributed by atoms with van der Waals surface area (Å²) in [4.78, 5) is 24.4. The van der Waals surface area contributed by atoms with Crippen molar-refractivity contribution in [3.63, 3.8) is 0 Å². The number of nitrogens with zero attached hydrogens (tertiary/aromatic N) is 1. The number of carboxylic acids is 1. The molecule has 1 aliphatic rings. The average molecular weight is 277 g/mol. The molecule has 0 bridgehead atoms. The molecule has 1 saturated carbocycles. The van der Waals surface area contributed by atoms with Crippen LogP contribution in [-0.2, 0) is 9.59 Å². The first-order valence-electron chi connectivity index (χ1n) is 6.44. The van der Waals surface area contributed by atoms with Crippen LogP contribution in [0.5, 0.6) is 0 Å². The number of amides is 1. The van der Waals surface area contributed by atoms with E-state index in [0.29, 0.717) is 0 Å².